The van der Waals surface area contributed by atoms with Crippen LogP contribution in [0.2, 0.25) is 0 Å². The van der Waals surface area contributed by atoms with Crippen molar-refractivity contribution in [1.82, 2.24) is 0 Å². The Hall–Kier alpha value is -1.88. The number of hydrogen-bond acceptors (Lipinski definition) is 3. The van der Waals surface area contributed by atoms with Crippen LogP contribution in [0.1, 0.15) is 24.8 Å². The molecular weight excluding hydrogens is 230 g/mol. The highest BCUT2D eigenvalue weighted by Crippen LogP contribution is 2.25. The molecule has 1 aliphatic heterocycles. The number of carbonyl (C=O) groups excluding carboxylic acids is 2. The van der Waals surface area contributed by atoms with E-state index in [0.29, 0.717) is 32.2 Å². The van der Waals surface area contributed by atoms with Gasteiger partial charge in [-0.2, -0.15) is 0 Å². The van der Waals surface area contributed by atoms with E-state index < -0.39 is 0 Å². The van der Waals surface area contributed by atoms with Gasteiger partial charge in [-0.3, -0.25) is 9.59 Å². The molecule has 0 fully saturated rings. The molecule has 0 bridgehead atoms. The summed E-state index contributed by atoms with van der Waals surface area (Å²) in [4.78, 5) is 22.8. The SMILES string of the molecule is NCCCC(=O)Nc1ccc2c(c1)CCC(=O)N2. The molecule has 0 unspecified atom stereocenters. The molecule has 1 heterocycles. The highest BCUT2D eigenvalue weighted by atomic mass is 16.2. The smallest absolute Gasteiger partial charge is 0.224 e. The average molecular weight is 247 g/mol. The molecule has 0 atom stereocenters. The minimum absolute atomic E-state index is 0.0276. The maximum absolute atomic E-state index is 11.6. The van der Waals surface area contributed by atoms with Crippen LogP contribution in [0.25, 0.3) is 0 Å². The van der Waals surface area contributed by atoms with Crippen molar-refractivity contribution >= 4 is 23.2 Å². The first kappa shape index (κ1) is 12.6. The Morgan fingerprint density at radius 1 is 1.39 bits per heavy atom. The third-order valence-electron chi connectivity index (χ3n) is 2.89. The molecule has 0 aromatic heterocycles. The maximum Gasteiger partial charge on any atom is 0.224 e. The molecule has 1 aliphatic rings. The van der Waals surface area contributed by atoms with Crippen LogP contribution in [0, 0.1) is 0 Å². The summed E-state index contributed by atoms with van der Waals surface area (Å²) < 4.78 is 0. The van der Waals surface area contributed by atoms with E-state index in [-0.39, 0.29) is 11.8 Å². The minimum atomic E-state index is -0.0276. The van der Waals surface area contributed by atoms with Gasteiger partial charge in [-0.15, -0.1) is 0 Å². The fourth-order valence-corrected chi connectivity index (χ4v) is 1.95. The monoisotopic (exact) mass is 247 g/mol. The second-order valence-electron chi connectivity index (χ2n) is 4.36. The first-order valence-electron chi connectivity index (χ1n) is 6.12. The van der Waals surface area contributed by atoms with Crippen LogP contribution in [0.4, 0.5) is 11.4 Å². The summed E-state index contributed by atoms with van der Waals surface area (Å²) in [5.41, 5.74) is 8.02. The topological polar surface area (TPSA) is 84.2 Å². The van der Waals surface area contributed by atoms with Gasteiger partial charge in [0.15, 0.2) is 0 Å². The van der Waals surface area contributed by atoms with Gasteiger partial charge in [-0.05, 0) is 43.1 Å². The fraction of sp³-hybridized carbons (Fsp3) is 0.385. The first-order chi connectivity index (χ1) is 8.69. The summed E-state index contributed by atoms with van der Waals surface area (Å²) >= 11 is 0. The molecule has 2 rings (SSSR count). The van der Waals surface area contributed by atoms with Crippen LogP contribution in [0.5, 0.6) is 0 Å². The Morgan fingerprint density at radius 2 is 2.22 bits per heavy atom. The molecule has 0 saturated carbocycles. The third-order valence-corrected chi connectivity index (χ3v) is 2.89. The van der Waals surface area contributed by atoms with Crippen molar-refractivity contribution in [2.45, 2.75) is 25.7 Å². The fourth-order valence-electron chi connectivity index (χ4n) is 1.95. The summed E-state index contributed by atoms with van der Waals surface area (Å²) in [6.07, 6.45) is 2.34. The Balaban J connectivity index is 2.03. The molecule has 1 aromatic carbocycles. The van der Waals surface area contributed by atoms with Crippen LogP contribution in [0.15, 0.2) is 18.2 Å². The Morgan fingerprint density at radius 3 is 3.00 bits per heavy atom. The van der Waals surface area contributed by atoms with Crippen LogP contribution in [-0.2, 0) is 16.0 Å². The Kier molecular flexibility index (Phi) is 3.94. The summed E-state index contributed by atoms with van der Waals surface area (Å²) in [5, 5.41) is 5.64. The van der Waals surface area contributed by atoms with Gasteiger partial charge in [0.1, 0.15) is 0 Å². The second kappa shape index (κ2) is 5.64. The van der Waals surface area contributed by atoms with Gasteiger partial charge < -0.3 is 16.4 Å². The molecule has 5 nitrogen and oxygen atoms in total. The minimum Gasteiger partial charge on any atom is -0.330 e. The molecule has 2 amide bonds. The molecule has 0 saturated heterocycles. The first-order valence-corrected chi connectivity index (χ1v) is 6.12. The average Bonchev–Trinajstić information content (AvgIpc) is 2.36. The van der Waals surface area contributed by atoms with Gasteiger partial charge in [0.25, 0.3) is 0 Å². The lowest BCUT2D eigenvalue weighted by atomic mass is 10.0. The predicted molar refractivity (Wildman–Crippen MR) is 70.3 cm³/mol. The largest absolute Gasteiger partial charge is 0.330 e. The zero-order valence-electron chi connectivity index (χ0n) is 10.2. The molecule has 0 spiro atoms. The molecule has 18 heavy (non-hydrogen) atoms. The van der Waals surface area contributed by atoms with E-state index >= 15 is 0 Å². The van der Waals surface area contributed by atoms with E-state index in [0.717, 1.165) is 16.9 Å². The predicted octanol–water partition coefficient (Wildman–Crippen LogP) is 1.25. The highest BCUT2D eigenvalue weighted by Gasteiger charge is 2.15. The number of aryl methyl sites for hydroxylation is 1. The highest BCUT2D eigenvalue weighted by molar-refractivity contribution is 5.95. The number of amides is 2. The van der Waals surface area contributed by atoms with E-state index in [1.54, 1.807) is 6.07 Å². The number of nitrogens with one attached hydrogen (secondary N) is 2. The number of fused-ring (bicyclic) bond motifs is 1. The van der Waals surface area contributed by atoms with Gasteiger partial charge in [-0.25, -0.2) is 0 Å². The van der Waals surface area contributed by atoms with Gasteiger partial charge in [-0.1, -0.05) is 0 Å². The van der Waals surface area contributed by atoms with Gasteiger partial charge in [0, 0.05) is 24.2 Å². The van der Waals surface area contributed by atoms with E-state index in [9.17, 15) is 9.59 Å². The zero-order chi connectivity index (χ0) is 13.0. The number of hydrogen-bond donors (Lipinski definition) is 3. The molecule has 96 valence electrons. The number of carbonyl (C=O) groups is 2. The number of nitrogens with two attached hydrogens (primary N) is 1. The quantitative estimate of drug-likeness (QED) is 0.748. The number of rotatable bonds is 4. The lowest BCUT2D eigenvalue weighted by Gasteiger charge is -2.17. The molecule has 1 aromatic rings. The van der Waals surface area contributed by atoms with Crippen molar-refractivity contribution in [2.75, 3.05) is 17.2 Å². The van der Waals surface area contributed by atoms with Gasteiger partial charge >= 0.3 is 0 Å². The van der Waals surface area contributed by atoms with Crippen LogP contribution < -0.4 is 16.4 Å². The van der Waals surface area contributed by atoms with E-state index in [4.69, 9.17) is 5.73 Å². The van der Waals surface area contributed by atoms with Crippen molar-refractivity contribution in [3.05, 3.63) is 23.8 Å². The van der Waals surface area contributed by atoms with Gasteiger partial charge in [0.05, 0.1) is 0 Å². The van der Waals surface area contributed by atoms with Crippen molar-refractivity contribution in [2.24, 2.45) is 5.73 Å². The molecule has 4 N–H and O–H groups in total. The number of benzene rings is 1. The van der Waals surface area contributed by atoms with E-state index in [1.807, 2.05) is 12.1 Å². The lowest BCUT2D eigenvalue weighted by molar-refractivity contribution is -0.117. The Labute approximate surface area is 106 Å². The third kappa shape index (κ3) is 3.07. The normalized spacial score (nSPS) is 13.7. The molecule has 0 radical (unpaired) electrons. The van der Waals surface area contributed by atoms with Crippen LogP contribution in [0.3, 0.4) is 0 Å². The second-order valence-corrected chi connectivity index (χ2v) is 4.36. The van der Waals surface area contributed by atoms with Gasteiger partial charge in [0.2, 0.25) is 11.8 Å². The van der Waals surface area contributed by atoms with Crippen LogP contribution in [-0.4, -0.2) is 18.4 Å². The summed E-state index contributed by atoms with van der Waals surface area (Å²) in [6, 6.07) is 5.53. The van der Waals surface area contributed by atoms with Crippen LogP contribution >= 0.6 is 0 Å². The van der Waals surface area contributed by atoms with E-state index in [1.165, 1.54) is 0 Å². The standard InChI is InChI=1S/C13H17N3O2/c14-7-1-2-12(17)15-10-4-5-11-9(8-10)3-6-13(18)16-11/h4-5,8H,1-3,6-7,14H2,(H,15,17)(H,16,18). The van der Waals surface area contributed by atoms with Crippen molar-refractivity contribution in [1.29, 1.82) is 0 Å². The van der Waals surface area contributed by atoms with E-state index in [2.05, 4.69) is 10.6 Å². The zero-order valence-corrected chi connectivity index (χ0v) is 10.2. The lowest BCUT2D eigenvalue weighted by Crippen LogP contribution is -2.19. The van der Waals surface area contributed by atoms with Crippen molar-refractivity contribution in [3.63, 3.8) is 0 Å². The molecular formula is C13H17N3O2. The maximum atomic E-state index is 11.6. The summed E-state index contributed by atoms with van der Waals surface area (Å²) in [7, 11) is 0. The molecule has 5 heteroatoms. The summed E-state index contributed by atoms with van der Waals surface area (Å²) in [5.74, 6) is 0.0162. The van der Waals surface area contributed by atoms with Crippen molar-refractivity contribution < 1.29 is 9.59 Å². The molecule has 0 aliphatic carbocycles. The Bertz CT molecular complexity index is 471. The number of anilines is 2. The summed E-state index contributed by atoms with van der Waals surface area (Å²) in [6.45, 7) is 0.517. The van der Waals surface area contributed by atoms with Crippen molar-refractivity contribution in [3.8, 4) is 0 Å².